The minimum Gasteiger partial charge on any atom is -0.507 e. The summed E-state index contributed by atoms with van der Waals surface area (Å²) in [7, 11) is 0. The Hall–Kier alpha value is -3.02. The molecule has 2 aromatic carbocycles. The van der Waals surface area contributed by atoms with Crippen LogP contribution in [0.25, 0.3) is 0 Å². The standard InChI is InChI=1S/C27H34O6/c1-4-9-22-24(12-11-21(18(2)28)27(22)30)31-13-6-5-7-14-33-26-17-25-20(10-8-15-32-25)16-23(26)19(3)29/h11-12,16-17,30H,4-10,13-15H2,1-3H3. The molecule has 0 aromatic heterocycles. The fraction of sp³-hybridized carbons (Fsp3) is 0.481. The van der Waals surface area contributed by atoms with Gasteiger partial charge in [0.25, 0.3) is 0 Å². The van der Waals surface area contributed by atoms with Gasteiger partial charge in [-0.2, -0.15) is 0 Å². The lowest BCUT2D eigenvalue weighted by atomic mass is 10.0. The third-order valence-electron chi connectivity index (χ3n) is 5.81. The SMILES string of the molecule is CCCc1c(OCCCCCOc2cc3c(cc2C(C)=O)CCCO3)ccc(C(C)=O)c1O. The maximum atomic E-state index is 12.0. The van der Waals surface area contributed by atoms with Crippen LogP contribution in [0.3, 0.4) is 0 Å². The minimum absolute atomic E-state index is 0.00583. The highest BCUT2D eigenvalue weighted by Crippen LogP contribution is 2.34. The second-order valence-corrected chi connectivity index (χ2v) is 8.47. The Kier molecular flexibility index (Phi) is 8.75. The number of carbonyl (C=O) groups is 2. The number of hydrogen-bond acceptors (Lipinski definition) is 6. The number of benzene rings is 2. The maximum Gasteiger partial charge on any atom is 0.163 e. The van der Waals surface area contributed by atoms with Crippen molar-refractivity contribution >= 4 is 11.6 Å². The summed E-state index contributed by atoms with van der Waals surface area (Å²) in [6.07, 6.45) is 5.94. The fourth-order valence-electron chi connectivity index (χ4n) is 4.05. The Balaban J connectivity index is 1.48. The summed E-state index contributed by atoms with van der Waals surface area (Å²) < 4.78 is 17.5. The smallest absolute Gasteiger partial charge is 0.163 e. The van der Waals surface area contributed by atoms with Crippen LogP contribution in [0.2, 0.25) is 0 Å². The molecular formula is C27H34O6. The van der Waals surface area contributed by atoms with E-state index in [9.17, 15) is 14.7 Å². The van der Waals surface area contributed by atoms with Crippen molar-refractivity contribution in [1.82, 2.24) is 0 Å². The lowest BCUT2D eigenvalue weighted by Crippen LogP contribution is -2.11. The van der Waals surface area contributed by atoms with Gasteiger partial charge in [-0.1, -0.05) is 13.3 Å². The second kappa shape index (κ2) is 11.7. The van der Waals surface area contributed by atoms with Crippen LogP contribution in [0.15, 0.2) is 24.3 Å². The topological polar surface area (TPSA) is 82.1 Å². The normalized spacial score (nSPS) is 12.6. The van der Waals surface area contributed by atoms with Crippen LogP contribution in [0.5, 0.6) is 23.0 Å². The third-order valence-corrected chi connectivity index (χ3v) is 5.81. The Bertz CT molecular complexity index is 995. The highest BCUT2D eigenvalue weighted by Gasteiger charge is 2.18. The van der Waals surface area contributed by atoms with Gasteiger partial charge in [-0.25, -0.2) is 0 Å². The molecule has 6 heteroatoms. The van der Waals surface area contributed by atoms with E-state index in [0.717, 1.165) is 49.8 Å². The molecule has 178 valence electrons. The second-order valence-electron chi connectivity index (χ2n) is 8.47. The molecule has 0 saturated heterocycles. The molecule has 1 aliphatic heterocycles. The van der Waals surface area contributed by atoms with Crippen LogP contribution in [-0.2, 0) is 12.8 Å². The Morgan fingerprint density at radius 1 is 0.970 bits per heavy atom. The largest absolute Gasteiger partial charge is 0.507 e. The van der Waals surface area contributed by atoms with E-state index in [1.807, 2.05) is 19.1 Å². The van der Waals surface area contributed by atoms with Crippen molar-refractivity contribution in [1.29, 1.82) is 0 Å². The highest BCUT2D eigenvalue weighted by molar-refractivity contribution is 5.98. The van der Waals surface area contributed by atoms with Gasteiger partial charge in [0.2, 0.25) is 0 Å². The molecule has 3 rings (SSSR count). The Morgan fingerprint density at radius 2 is 1.67 bits per heavy atom. The van der Waals surface area contributed by atoms with Crippen molar-refractivity contribution in [3.63, 3.8) is 0 Å². The first-order chi connectivity index (χ1) is 15.9. The zero-order chi connectivity index (χ0) is 23.8. The van der Waals surface area contributed by atoms with Gasteiger partial charge in [-0.3, -0.25) is 9.59 Å². The van der Waals surface area contributed by atoms with Crippen LogP contribution < -0.4 is 14.2 Å². The zero-order valence-electron chi connectivity index (χ0n) is 19.9. The summed E-state index contributed by atoms with van der Waals surface area (Å²) in [5.41, 5.74) is 2.71. The number of hydrogen-bond donors (Lipinski definition) is 1. The molecule has 1 aliphatic rings. The Labute approximate surface area is 195 Å². The summed E-state index contributed by atoms with van der Waals surface area (Å²) in [6, 6.07) is 7.14. The summed E-state index contributed by atoms with van der Waals surface area (Å²) in [5.74, 6) is 1.91. The molecule has 6 nitrogen and oxygen atoms in total. The van der Waals surface area contributed by atoms with Crippen LogP contribution in [-0.4, -0.2) is 36.5 Å². The molecule has 1 N–H and O–H groups in total. The van der Waals surface area contributed by atoms with E-state index in [1.165, 1.54) is 6.92 Å². The van der Waals surface area contributed by atoms with Crippen LogP contribution in [0.4, 0.5) is 0 Å². The van der Waals surface area contributed by atoms with Gasteiger partial charge in [0, 0.05) is 11.6 Å². The van der Waals surface area contributed by atoms with E-state index in [0.29, 0.717) is 54.4 Å². The summed E-state index contributed by atoms with van der Waals surface area (Å²) in [4.78, 5) is 23.7. The lowest BCUT2D eigenvalue weighted by molar-refractivity contribution is 0.100. The van der Waals surface area contributed by atoms with Gasteiger partial charge in [0.1, 0.15) is 23.0 Å². The van der Waals surface area contributed by atoms with Crippen molar-refractivity contribution in [3.05, 3.63) is 46.5 Å². The van der Waals surface area contributed by atoms with Crippen molar-refractivity contribution in [2.24, 2.45) is 0 Å². The summed E-state index contributed by atoms with van der Waals surface area (Å²) >= 11 is 0. The predicted molar refractivity (Wildman–Crippen MR) is 127 cm³/mol. The van der Waals surface area contributed by atoms with Crippen LogP contribution in [0, 0.1) is 0 Å². The molecule has 0 unspecified atom stereocenters. The van der Waals surface area contributed by atoms with E-state index in [4.69, 9.17) is 14.2 Å². The number of aromatic hydroxyl groups is 1. The number of Topliss-reactive ketones (excluding diaryl/α,β-unsaturated/α-hetero) is 2. The predicted octanol–water partition coefficient (Wildman–Crippen LogP) is 5.70. The Morgan fingerprint density at radius 3 is 2.33 bits per heavy atom. The first-order valence-corrected chi connectivity index (χ1v) is 11.8. The number of phenolic OH excluding ortho intramolecular Hbond substituents is 1. The molecule has 0 amide bonds. The molecule has 0 atom stereocenters. The number of ketones is 2. The number of carbonyl (C=O) groups excluding carboxylic acids is 2. The highest BCUT2D eigenvalue weighted by atomic mass is 16.5. The quantitative estimate of drug-likeness (QED) is 0.327. The van der Waals surface area contributed by atoms with E-state index in [2.05, 4.69) is 0 Å². The first kappa shape index (κ1) is 24.6. The monoisotopic (exact) mass is 454 g/mol. The molecular weight excluding hydrogens is 420 g/mol. The summed E-state index contributed by atoms with van der Waals surface area (Å²) in [6.45, 7) is 6.75. The van der Waals surface area contributed by atoms with Crippen molar-refractivity contribution < 1.29 is 28.9 Å². The molecule has 0 aliphatic carbocycles. The summed E-state index contributed by atoms with van der Waals surface area (Å²) in [5, 5.41) is 10.4. The minimum atomic E-state index is -0.158. The number of ether oxygens (including phenoxy) is 3. The molecule has 33 heavy (non-hydrogen) atoms. The van der Waals surface area contributed by atoms with Crippen molar-refractivity contribution in [3.8, 4) is 23.0 Å². The van der Waals surface area contributed by atoms with Gasteiger partial charge >= 0.3 is 0 Å². The average molecular weight is 455 g/mol. The molecule has 1 heterocycles. The van der Waals surface area contributed by atoms with Gasteiger partial charge in [0.05, 0.1) is 30.9 Å². The first-order valence-electron chi connectivity index (χ1n) is 11.8. The molecule has 0 radical (unpaired) electrons. The van der Waals surface area contributed by atoms with E-state index in [-0.39, 0.29) is 17.3 Å². The zero-order valence-corrected chi connectivity index (χ0v) is 19.9. The lowest BCUT2D eigenvalue weighted by Gasteiger charge is -2.20. The van der Waals surface area contributed by atoms with Crippen molar-refractivity contribution in [2.75, 3.05) is 19.8 Å². The van der Waals surface area contributed by atoms with Gasteiger partial charge in [-0.05, 0) is 76.1 Å². The van der Waals surface area contributed by atoms with Crippen molar-refractivity contribution in [2.45, 2.75) is 65.7 Å². The molecule has 0 spiro atoms. The maximum absolute atomic E-state index is 12.0. The number of phenols is 1. The number of rotatable bonds is 12. The van der Waals surface area contributed by atoms with E-state index in [1.54, 1.807) is 19.1 Å². The van der Waals surface area contributed by atoms with Crippen LogP contribution >= 0.6 is 0 Å². The molecule has 0 saturated carbocycles. The van der Waals surface area contributed by atoms with Crippen LogP contribution in [0.1, 0.15) is 84.7 Å². The van der Waals surface area contributed by atoms with Gasteiger partial charge < -0.3 is 19.3 Å². The number of fused-ring (bicyclic) bond motifs is 1. The fourth-order valence-corrected chi connectivity index (χ4v) is 4.05. The third kappa shape index (κ3) is 6.28. The van der Waals surface area contributed by atoms with E-state index < -0.39 is 0 Å². The number of aryl methyl sites for hydroxylation is 1. The van der Waals surface area contributed by atoms with E-state index >= 15 is 0 Å². The molecule has 2 aromatic rings. The number of unbranched alkanes of at least 4 members (excludes halogenated alkanes) is 2. The molecule has 0 bridgehead atoms. The molecule has 0 fully saturated rings. The van der Waals surface area contributed by atoms with Gasteiger partial charge in [0.15, 0.2) is 11.6 Å². The van der Waals surface area contributed by atoms with Gasteiger partial charge in [-0.15, -0.1) is 0 Å². The average Bonchev–Trinajstić information content (AvgIpc) is 2.79.